The molecule has 6 aromatic carbocycles. The van der Waals surface area contributed by atoms with E-state index in [0.717, 1.165) is 58.3 Å². The van der Waals surface area contributed by atoms with Crippen LogP contribution in [-0.2, 0) is 0 Å². The van der Waals surface area contributed by atoms with E-state index in [1.807, 2.05) is 12.3 Å². The van der Waals surface area contributed by atoms with Crippen LogP contribution in [0.1, 0.15) is 37.3 Å². The number of aromatic nitrogens is 2. The predicted molar refractivity (Wildman–Crippen MR) is 243 cm³/mol. The van der Waals surface area contributed by atoms with E-state index < -0.39 is 0 Å². The van der Waals surface area contributed by atoms with Crippen molar-refractivity contribution in [3.8, 4) is 16.9 Å². The quantitative estimate of drug-likeness (QED) is 0.177. The third-order valence-corrected chi connectivity index (χ3v) is 11.8. The van der Waals surface area contributed by atoms with Crippen molar-refractivity contribution in [3.63, 3.8) is 0 Å². The second kappa shape index (κ2) is 13.7. The molecular weight excluding hydrogens is 709 g/mol. The lowest BCUT2D eigenvalue weighted by molar-refractivity contribution is 0.170. The van der Waals surface area contributed by atoms with Crippen molar-refractivity contribution < 1.29 is 4.74 Å². The molecule has 2 aromatic heterocycles. The van der Waals surface area contributed by atoms with Gasteiger partial charge in [0, 0.05) is 56.6 Å². The monoisotopic (exact) mass is 748 g/mol. The van der Waals surface area contributed by atoms with E-state index in [0.29, 0.717) is 5.96 Å². The molecule has 3 aliphatic rings. The van der Waals surface area contributed by atoms with Gasteiger partial charge in [-0.15, -0.1) is 0 Å². The van der Waals surface area contributed by atoms with Gasteiger partial charge in [-0.05, 0) is 79.4 Å². The van der Waals surface area contributed by atoms with Crippen LogP contribution >= 0.6 is 0 Å². The molecule has 11 rings (SSSR count). The van der Waals surface area contributed by atoms with E-state index in [4.69, 9.17) is 14.7 Å². The van der Waals surface area contributed by atoms with Gasteiger partial charge >= 0.3 is 0 Å². The van der Waals surface area contributed by atoms with Crippen LogP contribution in [0.25, 0.3) is 66.0 Å². The minimum absolute atomic E-state index is 0.367. The molecular formula is C53H40N4O. The number of para-hydroxylation sites is 3. The summed E-state index contributed by atoms with van der Waals surface area (Å²) in [5, 5.41) is 4.78. The van der Waals surface area contributed by atoms with Crippen molar-refractivity contribution in [2.24, 2.45) is 9.98 Å². The molecule has 0 saturated heterocycles. The maximum Gasteiger partial charge on any atom is 0.235 e. The molecule has 0 spiro atoms. The fourth-order valence-electron chi connectivity index (χ4n) is 9.06. The zero-order chi connectivity index (χ0) is 38.6. The van der Waals surface area contributed by atoms with Crippen molar-refractivity contribution in [2.75, 3.05) is 0 Å². The number of allylic oxidation sites excluding steroid dienone is 7. The van der Waals surface area contributed by atoms with Crippen molar-refractivity contribution in [1.29, 1.82) is 0 Å². The lowest BCUT2D eigenvalue weighted by Crippen LogP contribution is -2.30. The molecule has 1 atom stereocenters. The zero-order valence-corrected chi connectivity index (χ0v) is 32.2. The van der Waals surface area contributed by atoms with E-state index in [1.165, 1.54) is 49.6 Å². The van der Waals surface area contributed by atoms with E-state index >= 15 is 0 Å². The van der Waals surface area contributed by atoms with Crippen LogP contribution in [-0.4, -0.2) is 26.4 Å². The standard InChI is InChI=1S/C53H40N4O/c1-53-32-31-38(35-44(53)41-21-12-15-28-50(41)58-53)56-46-25-13-10-20-40(46)43-34-37(29-30-48(43)56)39-23-17-27-49-51(39)42-22-11-14-26-47(42)57(49)52-54-33-16-5-3-2-4-9-24-45(55-52)36-18-7-6-8-19-36/h2,4,6-31,33-35H,3,5,32H2,1H3/b4-2+,24-9+,33-16-,54-52+,55-45+. The van der Waals surface area contributed by atoms with Crippen LogP contribution < -0.4 is 4.74 Å². The van der Waals surface area contributed by atoms with E-state index in [1.54, 1.807) is 0 Å². The Morgan fingerprint density at radius 2 is 1.33 bits per heavy atom. The van der Waals surface area contributed by atoms with Gasteiger partial charge in [-0.1, -0.05) is 134 Å². The molecule has 5 nitrogen and oxygen atoms in total. The lowest BCUT2D eigenvalue weighted by atomic mass is 9.85. The Morgan fingerprint density at radius 1 is 0.603 bits per heavy atom. The van der Waals surface area contributed by atoms with E-state index in [-0.39, 0.29) is 5.60 Å². The molecule has 0 amide bonds. The minimum atomic E-state index is -0.367. The molecule has 2 aliphatic heterocycles. The summed E-state index contributed by atoms with van der Waals surface area (Å²) in [6, 6.07) is 49.7. The van der Waals surface area contributed by atoms with Gasteiger partial charge in [-0.3, -0.25) is 4.57 Å². The number of hydrogen-bond acceptors (Lipinski definition) is 3. The molecule has 4 heterocycles. The van der Waals surface area contributed by atoms with Gasteiger partial charge in [0.1, 0.15) is 11.4 Å². The maximum absolute atomic E-state index is 6.52. The van der Waals surface area contributed by atoms with Gasteiger partial charge in [-0.25, -0.2) is 9.98 Å². The number of aliphatic imine (C=N–C) groups is 2. The molecule has 1 aliphatic carbocycles. The molecule has 0 fully saturated rings. The molecule has 0 N–H and O–H groups in total. The van der Waals surface area contributed by atoms with Crippen LogP contribution in [0, 0.1) is 0 Å². The number of nitrogens with zero attached hydrogens (tertiary/aromatic N) is 4. The third kappa shape index (κ3) is 5.53. The number of benzene rings is 6. The summed E-state index contributed by atoms with van der Waals surface area (Å²) in [6.07, 6.45) is 19.8. The van der Waals surface area contributed by atoms with Crippen molar-refractivity contribution in [1.82, 2.24) is 9.13 Å². The number of fused-ring (bicyclic) bond motifs is 9. The normalized spacial score (nSPS) is 21.4. The number of rotatable bonds is 3. The summed E-state index contributed by atoms with van der Waals surface area (Å²) in [4.78, 5) is 10.4. The summed E-state index contributed by atoms with van der Waals surface area (Å²) in [7, 11) is 0. The summed E-state index contributed by atoms with van der Waals surface area (Å²) in [5.41, 5.74) is 11.9. The van der Waals surface area contributed by atoms with E-state index in [2.05, 4.69) is 192 Å². The smallest absolute Gasteiger partial charge is 0.235 e. The second-order valence-electron chi connectivity index (χ2n) is 15.4. The van der Waals surface area contributed by atoms with Crippen molar-refractivity contribution in [2.45, 2.75) is 31.8 Å². The van der Waals surface area contributed by atoms with Crippen LogP contribution in [0.5, 0.6) is 5.75 Å². The fraction of sp³-hybridized carbons (Fsp3) is 0.0943. The SMILES string of the molecule is CC12CC=C(n3c4ccccc4c4cc(-c5cccc6c5c5ccccc5n6C5=N/C=C\CC/C=C/C=C/C(c6ccccc6)=N\5)ccc43)C=C1c1ccccc1O2. The zero-order valence-electron chi connectivity index (χ0n) is 32.2. The Kier molecular flexibility index (Phi) is 8.07. The summed E-state index contributed by atoms with van der Waals surface area (Å²) >= 11 is 0. The minimum Gasteiger partial charge on any atom is -0.482 e. The predicted octanol–water partition coefficient (Wildman–Crippen LogP) is 13.2. The highest BCUT2D eigenvalue weighted by Gasteiger charge is 2.41. The highest BCUT2D eigenvalue weighted by molar-refractivity contribution is 6.22. The van der Waals surface area contributed by atoms with Gasteiger partial charge in [0.15, 0.2) is 0 Å². The molecule has 1 unspecified atom stereocenters. The molecule has 8 aromatic rings. The van der Waals surface area contributed by atoms with Gasteiger partial charge < -0.3 is 9.30 Å². The van der Waals surface area contributed by atoms with Crippen LogP contribution in [0.4, 0.5) is 0 Å². The number of ether oxygens (including phenoxy) is 1. The van der Waals surface area contributed by atoms with E-state index in [9.17, 15) is 0 Å². The first-order valence-corrected chi connectivity index (χ1v) is 20.1. The van der Waals surface area contributed by atoms with Crippen LogP contribution in [0.3, 0.4) is 0 Å². The maximum atomic E-state index is 6.52. The highest BCUT2D eigenvalue weighted by atomic mass is 16.5. The molecule has 0 saturated carbocycles. The van der Waals surface area contributed by atoms with Gasteiger partial charge in [0.2, 0.25) is 5.96 Å². The van der Waals surface area contributed by atoms with Gasteiger partial charge in [0.05, 0.1) is 27.8 Å². The third-order valence-electron chi connectivity index (χ3n) is 11.8. The van der Waals surface area contributed by atoms with Crippen LogP contribution in [0.15, 0.2) is 198 Å². The first-order chi connectivity index (χ1) is 28.6. The summed E-state index contributed by atoms with van der Waals surface area (Å²) in [6.45, 7) is 2.20. The first kappa shape index (κ1) is 34.0. The lowest BCUT2D eigenvalue weighted by Gasteiger charge is -2.29. The Balaban J connectivity index is 1.10. The molecule has 0 radical (unpaired) electrons. The summed E-state index contributed by atoms with van der Waals surface area (Å²) in [5.74, 6) is 1.58. The Morgan fingerprint density at radius 3 is 2.22 bits per heavy atom. The summed E-state index contributed by atoms with van der Waals surface area (Å²) < 4.78 is 11.2. The van der Waals surface area contributed by atoms with Crippen LogP contribution in [0.2, 0.25) is 0 Å². The molecule has 58 heavy (non-hydrogen) atoms. The largest absolute Gasteiger partial charge is 0.482 e. The highest BCUT2D eigenvalue weighted by Crippen LogP contribution is 2.50. The van der Waals surface area contributed by atoms with Crippen molar-refractivity contribution >= 4 is 66.6 Å². The molecule has 278 valence electrons. The first-order valence-electron chi connectivity index (χ1n) is 20.1. The van der Waals surface area contributed by atoms with Gasteiger partial charge in [-0.2, -0.15) is 0 Å². The Bertz CT molecular complexity index is 3180. The number of hydrogen-bond donors (Lipinski definition) is 0. The topological polar surface area (TPSA) is 43.8 Å². The second-order valence-corrected chi connectivity index (χ2v) is 15.4. The fourth-order valence-corrected chi connectivity index (χ4v) is 9.06. The van der Waals surface area contributed by atoms with Gasteiger partial charge in [0.25, 0.3) is 0 Å². The Hall–Kier alpha value is -7.24. The van der Waals surface area contributed by atoms with Crippen molar-refractivity contribution in [3.05, 3.63) is 199 Å². The molecule has 0 bridgehead atoms. The average Bonchev–Trinajstić information content (AvgIpc) is 3.88. The molecule has 5 heteroatoms. The Labute approximate surface area is 337 Å². The average molecular weight is 749 g/mol.